The third kappa shape index (κ3) is 5.16. The minimum Gasteiger partial charge on any atom is -0.489 e. The van der Waals surface area contributed by atoms with E-state index in [0.717, 1.165) is 25.3 Å². The number of benzene rings is 1. The van der Waals surface area contributed by atoms with Crippen molar-refractivity contribution < 1.29 is 4.74 Å². The van der Waals surface area contributed by atoms with Gasteiger partial charge in [0.05, 0.1) is 0 Å². The van der Waals surface area contributed by atoms with Gasteiger partial charge in [-0.25, -0.2) is 0 Å². The summed E-state index contributed by atoms with van der Waals surface area (Å²) in [6.07, 6.45) is 1.39. The zero-order valence-corrected chi connectivity index (χ0v) is 14.0. The van der Waals surface area contributed by atoms with Gasteiger partial charge in [0, 0.05) is 6.54 Å². The summed E-state index contributed by atoms with van der Waals surface area (Å²) in [7, 11) is 0. The molecule has 2 nitrogen and oxygen atoms in total. The summed E-state index contributed by atoms with van der Waals surface area (Å²) in [5.41, 5.74) is 2.73. The fraction of sp³-hybridized carbons (Fsp3) is 0.667. The van der Waals surface area contributed by atoms with Gasteiger partial charge in [-0.05, 0) is 55.0 Å². The highest BCUT2D eigenvalue weighted by molar-refractivity contribution is 5.36. The lowest BCUT2D eigenvalue weighted by molar-refractivity contribution is 0.149. The summed E-state index contributed by atoms with van der Waals surface area (Å²) in [4.78, 5) is 0. The second kappa shape index (κ2) is 8.31. The average Bonchev–Trinajstić information content (AvgIpc) is 2.37. The molecule has 0 spiro atoms. The van der Waals surface area contributed by atoms with E-state index < -0.39 is 0 Å². The minimum atomic E-state index is 0.228. The molecule has 0 radical (unpaired) electrons. The molecule has 0 aliphatic rings. The molecule has 0 amide bonds. The highest BCUT2D eigenvalue weighted by atomic mass is 16.5. The van der Waals surface area contributed by atoms with Gasteiger partial charge in [0.2, 0.25) is 0 Å². The van der Waals surface area contributed by atoms with Gasteiger partial charge in [0.15, 0.2) is 0 Å². The number of aryl methyl sites for hydroxylation is 1. The largest absolute Gasteiger partial charge is 0.489 e. The van der Waals surface area contributed by atoms with Gasteiger partial charge in [-0.15, -0.1) is 0 Å². The standard InChI is InChI=1S/C18H31NO/c1-7-10-19-12-18(14(4)5)20-16-8-9-17(13(2)3)15(6)11-16/h8-9,11,13-14,18-19H,7,10,12H2,1-6H3. The summed E-state index contributed by atoms with van der Waals surface area (Å²) in [6, 6.07) is 6.48. The molecule has 0 saturated carbocycles. The Morgan fingerprint density at radius 3 is 2.35 bits per heavy atom. The zero-order valence-electron chi connectivity index (χ0n) is 14.0. The Morgan fingerprint density at radius 2 is 1.85 bits per heavy atom. The molecule has 114 valence electrons. The predicted octanol–water partition coefficient (Wildman–Crippen LogP) is 4.52. The van der Waals surface area contributed by atoms with Crippen molar-refractivity contribution in [2.24, 2.45) is 5.92 Å². The molecule has 1 unspecified atom stereocenters. The van der Waals surface area contributed by atoms with Crippen molar-refractivity contribution >= 4 is 0 Å². The van der Waals surface area contributed by atoms with Crippen LogP contribution >= 0.6 is 0 Å². The van der Waals surface area contributed by atoms with Gasteiger partial charge >= 0.3 is 0 Å². The lowest BCUT2D eigenvalue weighted by Crippen LogP contribution is -2.35. The second-order valence-electron chi connectivity index (χ2n) is 6.28. The molecule has 2 heteroatoms. The molecule has 1 rings (SSSR count). The summed E-state index contributed by atoms with van der Waals surface area (Å²) in [6.45, 7) is 15.2. The van der Waals surface area contributed by atoms with E-state index in [1.165, 1.54) is 11.1 Å². The van der Waals surface area contributed by atoms with Crippen LogP contribution in [0.2, 0.25) is 0 Å². The van der Waals surface area contributed by atoms with Crippen LogP contribution in [0, 0.1) is 12.8 Å². The number of hydrogen-bond acceptors (Lipinski definition) is 2. The maximum Gasteiger partial charge on any atom is 0.120 e. The highest BCUT2D eigenvalue weighted by Crippen LogP contribution is 2.24. The van der Waals surface area contributed by atoms with Crippen LogP contribution in [0.4, 0.5) is 0 Å². The van der Waals surface area contributed by atoms with Gasteiger partial charge in [-0.2, -0.15) is 0 Å². The molecular weight excluding hydrogens is 246 g/mol. The van der Waals surface area contributed by atoms with Crippen LogP contribution in [0.25, 0.3) is 0 Å². The maximum atomic E-state index is 6.18. The normalized spacial score (nSPS) is 13.0. The molecule has 0 fully saturated rings. The van der Waals surface area contributed by atoms with E-state index in [1.807, 2.05) is 0 Å². The summed E-state index contributed by atoms with van der Waals surface area (Å²) < 4.78 is 6.18. The van der Waals surface area contributed by atoms with Crippen LogP contribution in [0.5, 0.6) is 5.75 Å². The summed E-state index contributed by atoms with van der Waals surface area (Å²) >= 11 is 0. The molecule has 20 heavy (non-hydrogen) atoms. The second-order valence-corrected chi connectivity index (χ2v) is 6.28. The first-order chi connectivity index (χ1) is 9.45. The van der Waals surface area contributed by atoms with Crippen LogP contribution in [-0.4, -0.2) is 19.2 Å². The Labute approximate surface area is 124 Å². The molecule has 1 aromatic rings. The van der Waals surface area contributed by atoms with Crippen molar-refractivity contribution in [3.05, 3.63) is 29.3 Å². The third-order valence-corrected chi connectivity index (χ3v) is 3.67. The van der Waals surface area contributed by atoms with Crippen molar-refractivity contribution in [1.29, 1.82) is 0 Å². The molecular formula is C18H31NO. The Bertz CT molecular complexity index is 398. The van der Waals surface area contributed by atoms with E-state index in [2.05, 4.69) is 65.1 Å². The average molecular weight is 277 g/mol. The highest BCUT2D eigenvalue weighted by Gasteiger charge is 2.15. The van der Waals surface area contributed by atoms with Gasteiger partial charge in [-0.3, -0.25) is 0 Å². The van der Waals surface area contributed by atoms with Gasteiger partial charge in [0.25, 0.3) is 0 Å². The van der Waals surface area contributed by atoms with E-state index in [1.54, 1.807) is 0 Å². The smallest absolute Gasteiger partial charge is 0.120 e. The molecule has 0 bridgehead atoms. The Hall–Kier alpha value is -1.02. The van der Waals surface area contributed by atoms with E-state index >= 15 is 0 Å². The molecule has 0 aliphatic carbocycles. The Kier molecular flexibility index (Phi) is 7.08. The van der Waals surface area contributed by atoms with Gasteiger partial charge in [0.1, 0.15) is 11.9 Å². The number of rotatable bonds is 8. The first-order valence-corrected chi connectivity index (χ1v) is 7.93. The summed E-state index contributed by atoms with van der Waals surface area (Å²) in [5, 5.41) is 3.46. The van der Waals surface area contributed by atoms with Crippen LogP contribution < -0.4 is 10.1 Å². The SMILES string of the molecule is CCCNCC(Oc1ccc(C(C)C)c(C)c1)C(C)C. The number of hydrogen-bond donors (Lipinski definition) is 1. The van der Waals surface area contributed by atoms with E-state index in [4.69, 9.17) is 4.74 Å². The van der Waals surface area contributed by atoms with E-state index in [0.29, 0.717) is 11.8 Å². The molecule has 0 saturated heterocycles. The van der Waals surface area contributed by atoms with Crippen LogP contribution in [0.15, 0.2) is 18.2 Å². The molecule has 1 aromatic carbocycles. The van der Waals surface area contributed by atoms with Crippen molar-refractivity contribution in [3.63, 3.8) is 0 Å². The third-order valence-electron chi connectivity index (χ3n) is 3.67. The zero-order chi connectivity index (χ0) is 15.1. The van der Waals surface area contributed by atoms with Crippen LogP contribution in [0.3, 0.4) is 0 Å². The van der Waals surface area contributed by atoms with Crippen molar-refractivity contribution in [1.82, 2.24) is 5.32 Å². The molecule has 0 aromatic heterocycles. The Balaban J connectivity index is 2.71. The Morgan fingerprint density at radius 1 is 1.15 bits per heavy atom. The fourth-order valence-electron chi connectivity index (χ4n) is 2.38. The molecule has 1 atom stereocenters. The summed E-state index contributed by atoms with van der Waals surface area (Å²) in [5.74, 6) is 2.06. The van der Waals surface area contributed by atoms with Gasteiger partial charge < -0.3 is 10.1 Å². The van der Waals surface area contributed by atoms with Crippen molar-refractivity contribution in [2.45, 2.75) is 60.0 Å². The van der Waals surface area contributed by atoms with E-state index in [-0.39, 0.29) is 6.10 Å². The first-order valence-electron chi connectivity index (χ1n) is 7.93. The molecule has 1 N–H and O–H groups in total. The minimum absolute atomic E-state index is 0.228. The molecule has 0 heterocycles. The van der Waals surface area contributed by atoms with Crippen molar-refractivity contribution in [2.75, 3.05) is 13.1 Å². The topological polar surface area (TPSA) is 21.3 Å². The van der Waals surface area contributed by atoms with Crippen molar-refractivity contribution in [3.8, 4) is 5.75 Å². The fourth-order valence-corrected chi connectivity index (χ4v) is 2.38. The van der Waals surface area contributed by atoms with Gasteiger partial charge in [-0.1, -0.05) is 40.7 Å². The quantitative estimate of drug-likeness (QED) is 0.705. The number of ether oxygens (including phenoxy) is 1. The first kappa shape index (κ1) is 17.0. The maximum absolute atomic E-state index is 6.18. The lowest BCUT2D eigenvalue weighted by atomic mass is 9.98. The van der Waals surface area contributed by atoms with Crippen LogP contribution in [0.1, 0.15) is 58.1 Å². The molecule has 0 aliphatic heterocycles. The van der Waals surface area contributed by atoms with E-state index in [9.17, 15) is 0 Å². The number of nitrogens with one attached hydrogen (secondary N) is 1. The lowest BCUT2D eigenvalue weighted by Gasteiger charge is -2.24. The predicted molar refractivity (Wildman–Crippen MR) is 87.7 cm³/mol. The van der Waals surface area contributed by atoms with Crippen LogP contribution in [-0.2, 0) is 0 Å². The monoisotopic (exact) mass is 277 g/mol.